The van der Waals surface area contributed by atoms with Crippen LogP contribution >= 0.6 is 0 Å². The Hall–Kier alpha value is -1.30. The molecular formula is C12H20N2O4. The van der Waals surface area contributed by atoms with Gasteiger partial charge in [-0.25, -0.2) is 9.59 Å². The van der Waals surface area contributed by atoms with Crippen molar-refractivity contribution in [2.45, 2.75) is 50.8 Å². The minimum atomic E-state index is -1.01. The average Bonchev–Trinajstić information content (AvgIpc) is 3.07. The van der Waals surface area contributed by atoms with E-state index < -0.39 is 18.0 Å². The highest BCUT2D eigenvalue weighted by Gasteiger charge is 2.41. The van der Waals surface area contributed by atoms with Crippen LogP contribution in [0.5, 0.6) is 0 Å². The third-order valence-electron chi connectivity index (χ3n) is 3.55. The zero-order chi connectivity index (χ0) is 13.1. The van der Waals surface area contributed by atoms with E-state index in [1.807, 2.05) is 0 Å². The lowest BCUT2D eigenvalue weighted by atomic mass is 10.1. The fourth-order valence-corrected chi connectivity index (χ4v) is 2.36. The second-order valence-corrected chi connectivity index (χ2v) is 4.98. The monoisotopic (exact) mass is 256 g/mol. The number of aliphatic carboxylic acids is 1. The largest absolute Gasteiger partial charge is 0.480 e. The minimum Gasteiger partial charge on any atom is -0.480 e. The molecule has 18 heavy (non-hydrogen) atoms. The summed E-state index contributed by atoms with van der Waals surface area (Å²) in [6.45, 7) is 2.40. The number of nitrogens with one attached hydrogen (secondary N) is 2. The van der Waals surface area contributed by atoms with Gasteiger partial charge in [0.15, 0.2) is 0 Å². The molecule has 3 N–H and O–H groups in total. The first-order valence-electron chi connectivity index (χ1n) is 6.53. The first-order valence-corrected chi connectivity index (χ1v) is 6.53. The van der Waals surface area contributed by atoms with Crippen LogP contribution in [0.15, 0.2) is 0 Å². The molecule has 2 fully saturated rings. The van der Waals surface area contributed by atoms with Crippen LogP contribution < -0.4 is 10.6 Å². The molecule has 6 heteroatoms. The Labute approximate surface area is 106 Å². The highest BCUT2D eigenvalue weighted by atomic mass is 16.5. The number of carboxylic acid groups (broad SMARTS) is 1. The average molecular weight is 256 g/mol. The summed E-state index contributed by atoms with van der Waals surface area (Å²) in [7, 11) is 0. The van der Waals surface area contributed by atoms with Crippen LogP contribution in [0.3, 0.4) is 0 Å². The zero-order valence-electron chi connectivity index (χ0n) is 10.5. The molecule has 1 aliphatic carbocycles. The van der Waals surface area contributed by atoms with Gasteiger partial charge in [0.2, 0.25) is 0 Å². The summed E-state index contributed by atoms with van der Waals surface area (Å²) in [5.74, 6) is -0.437. The Morgan fingerprint density at radius 1 is 1.39 bits per heavy atom. The van der Waals surface area contributed by atoms with Gasteiger partial charge >= 0.3 is 12.0 Å². The summed E-state index contributed by atoms with van der Waals surface area (Å²) in [4.78, 5) is 22.5. The predicted molar refractivity (Wildman–Crippen MR) is 64.3 cm³/mol. The van der Waals surface area contributed by atoms with E-state index in [-0.39, 0.29) is 12.1 Å². The van der Waals surface area contributed by atoms with Crippen molar-refractivity contribution in [3.8, 4) is 0 Å². The van der Waals surface area contributed by atoms with Crippen molar-refractivity contribution in [1.29, 1.82) is 0 Å². The minimum absolute atomic E-state index is 0.0174. The van der Waals surface area contributed by atoms with E-state index in [2.05, 4.69) is 10.6 Å². The molecule has 0 aromatic rings. The maximum Gasteiger partial charge on any atom is 0.326 e. The number of amides is 2. The Morgan fingerprint density at radius 2 is 2.11 bits per heavy atom. The van der Waals surface area contributed by atoms with Gasteiger partial charge < -0.3 is 20.5 Å². The molecule has 1 saturated heterocycles. The Balaban J connectivity index is 1.81. The van der Waals surface area contributed by atoms with Crippen LogP contribution in [0.25, 0.3) is 0 Å². The SMILES string of the molecule is CCC(NC(=O)NC1CCOC1C1CC1)C(=O)O. The van der Waals surface area contributed by atoms with Gasteiger partial charge in [0, 0.05) is 6.61 Å². The Morgan fingerprint density at radius 3 is 2.67 bits per heavy atom. The standard InChI is InChI=1S/C12H20N2O4/c1-2-8(11(15)16)13-12(17)14-9-5-6-18-10(9)7-3-4-7/h7-10H,2-6H2,1H3,(H,15,16)(H2,13,14,17). The van der Waals surface area contributed by atoms with Crippen molar-refractivity contribution in [1.82, 2.24) is 10.6 Å². The first-order chi connectivity index (χ1) is 8.61. The van der Waals surface area contributed by atoms with Crippen LogP contribution in [-0.4, -0.2) is 41.9 Å². The van der Waals surface area contributed by atoms with Crippen molar-refractivity contribution in [3.63, 3.8) is 0 Å². The topological polar surface area (TPSA) is 87.7 Å². The number of ether oxygens (including phenoxy) is 1. The molecule has 3 atom stereocenters. The zero-order valence-corrected chi connectivity index (χ0v) is 10.5. The highest BCUT2D eigenvalue weighted by molar-refractivity contribution is 5.82. The van der Waals surface area contributed by atoms with Crippen LogP contribution in [0.2, 0.25) is 0 Å². The third kappa shape index (κ3) is 3.13. The molecule has 1 aliphatic heterocycles. The van der Waals surface area contributed by atoms with Gasteiger partial charge in [0.25, 0.3) is 0 Å². The molecular weight excluding hydrogens is 236 g/mol. The lowest BCUT2D eigenvalue weighted by Gasteiger charge is -2.21. The van der Waals surface area contributed by atoms with E-state index in [4.69, 9.17) is 9.84 Å². The van der Waals surface area contributed by atoms with Crippen LogP contribution in [0, 0.1) is 5.92 Å². The molecule has 3 unspecified atom stereocenters. The van der Waals surface area contributed by atoms with Crippen molar-refractivity contribution in [2.75, 3.05) is 6.61 Å². The Bertz CT molecular complexity index is 330. The molecule has 0 bridgehead atoms. The molecule has 1 heterocycles. The van der Waals surface area contributed by atoms with Gasteiger partial charge in [-0.1, -0.05) is 6.92 Å². The van der Waals surface area contributed by atoms with Crippen LogP contribution in [0.1, 0.15) is 32.6 Å². The van der Waals surface area contributed by atoms with Gasteiger partial charge in [0.05, 0.1) is 12.1 Å². The number of rotatable bonds is 5. The van der Waals surface area contributed by atoms with Gasteiger partial charge in [-0.05, 0) is 31.6 Å². The number of hydrogen-bond acceptors (Lipinski definition) is 3. The normalized spacial score (nSPS) is 28.7. The van der Waals surface area contributed by atoms with Gasteiger partial charge in [-0.2, -0.15) is 0 Å². The van der Waals surface area contributed by atoms with E-state index >= 15 is 0 Å². The van der Waals surface area contributed by atoms with Gasteiger partial charge in [-0.15, -0.1) is 0 Å². The van der Waals surface area contributed by atoms with Gasteiger partial charge in [0.1, 0.15) is 6.04 Å². The van der Waals surface area contributed by atoms with E-state index in [1.54, 1.807) is 6.92 Å². The molecule has 0 spiro atoms. The molecule has 0 radical (unpaired) electrons. The van der Waals surface area contributed by atoms with E-state index in [1.165, 1.54) is 0 Å². The van der Waals surface area contributed by atoms with Crippen molar-refractivity contribution >= 4 is 12.0 Å². The molecule has 0 aromatic carbocycles. The van der Waals surface area contributed by atoms with Crippen molar-refractivity contribution in [3.05, 3.63) is 0 Å². The molecule has 0 aromatic heterocycles. The summed E-state index contributed by atoms with van der Waals surface area (Å²) in [5.41, 5.74) is 0. The smallest absolute Gasteiger partial charge is 0.326 e. The second kappa shape index (κ2) is 5.56. The van der Waals surface area contributed by atoms with E-state index in [0.717, 1.165) is 19.3 Å². The fourth-order valence-electron chi connectivity index (χ4n) is 2.36. The second-order valence-electron chi connectivity index (χ2n) is 4.98. The number of carbonyl (C=O) groups excluding carboxylic acids is 1. The fraction of sp³-hybridized carbons (Fsp3) is 0.833. The molecule has 2 aliphatic rings. The number of hydrogen-bond donors (Lipinski definition) is 3. The molecule has 1 saturated carbocycles. The maximum absolute atomic E-state index is 11.7. The lowest BCUT2D eigenvalue weighted by molar-refractivity contribution is -0.139. The maximum atomic E-state index is 11.7. The molecule has 6 nitrogen and oxygen atoms in total. The highest BCUT2D eigenvalue weighted by Crippen LogP contribution is 2.38. The molecule has 2 rings (SSSR count). The molecule has 102 valence electrons. The lowest BCUT2D eigenvalue weighted by Crippen LogP contribution is -2.51. The molecule has 2 amide bonds. The third-order valence-corrected chi connectivity index (χ3v) is 3.55. The summed E-state index contributed by atoms with van der Waals surface area (Å²) >= 11 is 0. The van der Waals surface area contributed by atoms with Gasteiger partial charge in [-0.3, -0.25) is 0 Å². The van der Waals surface area contributed by atoms with E-state index in [0.29, 0.717) is 18.9 Å². The number of carbonyl (C=O) groups is 2. The quantitative estimate of drug-likeness (QED) is 0.676. The summed E-state index contributed by atoms with van der Waals surface area (Å²) in [6.07, 6.45) is 3.61. The van der Waals surface area contributed by atoms with Crippen molar-refractivity contribution < 1.29 is 19.4 Å². The summed E-state index contributed by atoms with van der Waals surface area (Å²) in [5, 5.41) is 14.2. The summed E-state index contributed by atoms with van der Waals surface area (Å²) < 4.78 is 5.61. The number of carboxylic acids is 1. The Kier molecular flexibility index (Phi) is 4.06. The van der Waals surface area contributed by atoms with E-state index in [9.17, 15) is 9.59 Å². The summed E-state index contributed by atoms with van der Waals surface area (Å²) in [6, 6.07) is -1.22. The van der Waals surface area contributed by atoms with Crippen LogP contribution in [-0.2, 0) is 9.53 Å². The van der Waals surface area contributed by atoms with Crippen molar-refractivity contribution in [2.24, 2.45) is 5.92 Å². The predicted octanol–water partition coefficient (Wildman–Crippen LogP) is 0.716. The first kappa shape index (κ1) is 13.1. The number of urea groups is 1. The van der Waals surface area contributed by atoms with Crippen LogP contribution in [0.4, 0.5) is 4.79 Å².